The minimum atomic E-state index is -1.85. The van der Waals surface area contributed by atoms with Crippen molar-refractivity contribution < 1.29 is 57.5 Å². The Hall–Kier alpha value is -4.93. The third-order valence-electron chi connectivity index (χ3n) is 14.7. The predicted molar refractivity (Wildman–Crippen MR) is 217 cm³/mol. The summed E-state index contributed by atoms with van der Waals surface area (Å²) >= 11 is 0. The molecule has 2 aromatic rings. The number of methoxy groups -OCH3 is 1. The second-order valence-electron chi connectivity index (χ2n) is 18.2. The first-order valence-corrected chi connectivity index (χ1v) is 21.3. The Kier molecular flexibility index (Phi) is 11.3. The zero-order valence-electron chi connectivity index (χ0n) is 35.0. The van der Waals surface area contributed by atoms with Crippen LogP contribution < -0.4 is 20.4 Å². The van der Waals surface area contributed by atoms with Crippen molar-refractivity contribution in [1.82, 2.24) is 9.88 Å². The molecule has 8 atom stereocenters. The number of carbonyl (C=O) groups excluding carboxylic acids is 5. The van der Waals surface area contributed by atoms with E-state index in [1.165, 1.54) is 13.3 Å². The molecule has 2 heterocycles. The Morgan fingerprint density at radius 1 is 1.03 bits per heavy atom. The summed E-state index contributed by atoms with van der Waals surface area (Å²) < 4.78 is 38.6. The molecule has 0 amide bonds. The molecule has 0 radical (unpaired) electrons. The number of aromatic nitrogens is 1. The molecule has 1 saturated heterocycles. The molecule has 16 heteroatoms. The molecule has 15 nitrogen and oxygen atoms in total. The minimum Gasteiger partial charge on any atom is -0.492 e. The van der Waals surface area contributed by atoms with Crippen LogP contribution >= 0.6 is 0 Å². The Labute approximate surface area is 352 Å². The number of ether oxygens (including phenoxy) is 4. The van der Waals surface area contributed by atoms with Crippen LogP contribution in [0.4, 0.5) is 10.1 Å². The van der Waals surface area contributed by atoms with Gasteiger partial charge < -0.3 is 43.9 Å². The van der Waals surface area contributed by atoms with Crippen LogP contribution in [0.1, 0.15) is 95.0 Å². The summed E-state index contributed by atoms with van der Waals surface area (Å²) in [6.45, 7) is 5.97. The van der Waals surface area contributed by atoms with Crippen molar-refractivity contribution in [3.8, 4) is 5.75 Å². The number of rotatable bonds is 12. The number of pyridine rings is 1. The fourth-order valence-corrected chi connectivity index (χ4v) is 11.5. The van der Waals surface area contributed by atoms with Crippen molar-refractivity contribution in [2.24, 2.45) is 28.6 Å². The van der Waals surface area contributed by atoms with Crippen LogP contribution in [0.15, 0.2) is 40.9 Å². The highest BCUT2D eigenvalue weighted by Crippen LogP contribution is 2.67. The summed E-state index contributed by atoms with van der Waals surface area (Å²) in [5, 5.41) is 26.8. The van der Waals surface area contributed by atoms with Gasteiger partial charge in [-0.3, -0.25) is 24.0 Å². The summed E-state index contributed by atoms with van der Waals surface area (Å²) in [5.41, 5.74) is -2.85. The van der Waals surface area contributed by atoms with Crippen molar-refractivity contribution in [3.05, 3.63) is 57.7 Å². The zero-order chi connectivity index (χ0) is 43.6. The maximum Gasteiger partial charge on any atom is 0.346 e. The van der Waals surface area contributed by atoms with Gasteiger partial charge in [0, 0.05) is 54.7 Å². The number of hydrogen-bond acceptors (Lipinski definition) is 14. The lowest BCUT2D eigenvalue weighted by molar-refractivity contribution is -0.181. The first-order valence-electron chi connectivity index (χ1n) is 21.3. The SMILES string of the molecule is COc1c(N2CCNC(C)C2)c(F)cc2c(=O)c(C(=O)OCOC(=O)CCC(=O)OCC(=O)[C@]3(O)CC[C@@H]4[C@H]5CCC6=CC(=O)C=C[C@@]6(C)C5[C@H](O)C[C@]43C)cn(C3CC3)c12. The molecule has 328 valence electrons. The van der Waals surface area contributed by atoms with E-state index in [-0.39, 0.29) is 70.8 Å². The standard InChI is InChI=1S/C45H54FN3O12/c1-24-20-48(16-15-47-24)39-32(46)18-29-38(41(39)58-4)49(26-6-7-26)21-30(40(29)55)42(56)61-23-60-36(54)10-9-35(53)59-22-34(52)45(57)14-12-31-28-8-5-25-17-27(50)11-13-43(25,2)37(28)33(51)19-44(31,45)3/h11,13,17-18,21,24,26,28,31,33,37,47,51,57H,5-10,12,14-16,19-20,22-23H2,1-4H3/t24?,28-,31-,33-,37?,43-,44-,45-/m1/s1. The van der Waals surface area contributed by atoms with Gasteiger partial charge in [0.05, 0.1) is 37.0 Å². The molecular formula is C45H54FN3O12. The molecule has 5 aliphatic carbocycles. The number of piperazine rings is 1. The average Bonchev–Trinajstić information content (AvgIpc) is 4.03. The number of nitrogens with zero attached hydrogens (tertiary/aromatic N) is 2. The summed E-state index contributed by atoms with van der Waals surface area (Å²) in [4.78, 5) is 79.6. The first-order chi connectivity index (χ1) is 29.0. The highest BCUT2D eigenvalue weighted by molar-refractivity contribution is 6.01. The van der Waals surface area contributed by atoms with Crippen LogP contribution in [0.3, 0.4) is 0 Å². The van der Waals surface area contributed by atoms with E-state index in [4.69, 9.17) is 18.9 Å². The number of nitrogens with one attached hydrogen (secondary N) is 1. The van der Waals surface area contributed by atoms with Crippen LogP contribution in [-0.4, -0.2) is 102 Å². The molecule has 1 aromatic carbocycles. The summed E-state index contributed by atoms with van der Waals surface area (Å²) in [7, 11) is 1.41. The smallest absolute Gasteiger partial charge is 0.346 e. The van der Waals surface area contributed by atoms with E-state index in [9.17, 15) is 39.0 Å². The average molecular weight is 848 g/mol. The van der Waals surface area contributed by atoms with Crippen LogP contribution in [0.25, 0.3) is 10.9 Å². The number of Topliss-reactive ketones (excluding diaryl/α,β-unsaturated/α-hetero) is 1. The van der Waals surface area contributed by atoms with E-state index in [0.29, 0.717) is 38.0 Å². The minimum absolute atomic E-state index is 0.00583. The lowest BCUT2D eigenvalue weighted by Gasteiger charge is -2.59. The topological polar surface area (TPSA) is 200 Å². The molecule has 2 unspecified atom stereocenters. The molecule has 0 bridgehead atoms. The fourth-order valence-electron chi connectivity index (χ4n) is 11.5. The van der Waals surface area contributed by atoms with Crippen LogP contribution in [0, 0.1) is 34.4 Å². The quantitative estimate of drug-likeness (QED) is 0.206. The molecule has 6 aliphatic rings. The van der Waals surface area contributed by atoms with Gasteiger partial charge in [-0.1, -0.05) is 25.5 Å². The number of aliphatic hydroxyl groups is 2. The van der Waals surface area contributed by atoms with Crippen molar-refractivity contribution >= 4 is 46.1 Å². The highest BCUT2D eigenvalue weighted by Gasteiger charge is 2.68. The lowest BCUT2D eigenvalue weighted by Crippen LogP contribution is -2.61. The molecule has 61 heavy (non-hydrogen) atoms. The molecule has 1 aliphatic heterocycles. The number of benzene rings is 1. The van der Waals surface area contributed by atoms with E-state index in [1.807, 2.05) is 31.7 Å². The van der Waals surface area contributed by atoms with Crippen LogP contribution in [-0.2, 0) is 33.4 Å². The van der Waals surface area contributed by atoms with E-state index < -0.39 is 83.7 Å². The van der Waals surface area contributed by atoms with Gasteiger partial charge in [-0.2, -0.15) is 0 Å². The number of halogens is 1. The zero-order valence-corrected chi connectivity index (χ0v) is 35.0. The summed E-state index contributed by atoms with van der Waals surface area (Å²) in [6, 6.07) is 1.17. The van der Waals surface area contributed by atoms with Crippen LogP contribution in [0.2, 0.25) is 0 Å². The van der Waals surface area contributed by atoms with Gasteiger partial charge in [-0.25, -0.2) is 9.18 Å². The Bertz CT molecular complexity index is 2300. The van der Waals surface area contributed by atoms with E-state index in [2.05, 4.69) is 5.32 Å². The highest BCUT2D eigenvalue weighted by atomic mass is 19.1. The Morgan fingerprint density at radius 3 is 2.48 bits per heavy atom. The number of esters is 3. The van der Waals surface area contributed by atoms with Crippen molar-refractivity contribution in [2.75, 3.05) is 45.0 Å². The number of hydrogen-bond donors (Lipinski definition) is 3. The number of fused-ring (bicyclic) bond motifs is 6. The van der Waals surface area contributed by atoms with Gasteiger partial charge in [-0.15, -0.1) is 0 Å². The fraction of sp³-hybridized carbons (Fsp3) is 0.600. The van der Waals surface area contributed by atoms with Crippen molar-refractivity contribution in [2.45, 2.75) is 102 Å². The lowest BCUT2D eigenvalue weighted by atomic mass is 9.46. The van der Waals surface area contributed by atoms with Gasteiger partial charge >= 0.3 is 17.9 Å². The summed E-state index contributed by atoms with van der Waals surface area (Å²) in [5.74, 6) is -4.35. The van der Waals surface area contributed by atoms with E-state index in [1.54, 1.807) is 16.7 Å². The van der Waals surface area contributed by atoms with E-state index in [0.717, 1.165) is 30.9 Å². The van der Waals surface area contributed by atoms with Crippen molar-refractivity contribution in [1.29, 1.82) is 0 Å². The Morgan fingerprint density at radius 2 is 1.77 bits per heavy atom. The number of ketones is 2. The molecule has 8 rings (SSSR count). The van der Waals surface area contributed by atoms with Crippen LogP contribution in [0.5, 0.6) is 5.75 Å². The number of carbonyl (C=O) groups is 5. The van der Waals surface area contributed by atoms with Gasteiger partial charge in [0.1, 0.15) is 16.9 Å². The monoisotopic (exact) mass is 847 g/mol. The number of aliphatic hydroxyl groups excluding tert-OH is 1. The maximum atomic E-state index is 15.8. The third kappa shape index (κ3) is 7.37. The Balaban J connectivity index is 0.846. The van der Waals surface area contributed by atoms with E-state index >= 15 is 4.39 Å². The second-order valence-corrected chi connectivity index (χ2v) is 18.2. The van der Waals surface area contributed by atoms with Gasteiger partial charge in [0.2, 0.25) is 18.0 Å². The normalized spacial score (nSPS) is 31.7. The van der Waals surface area contributed by atoms with Gasteiger partial charge in [-0.05, 0) is 81.9 Å². The first kappa shape index (κ1) is 42.7. The largest absolute Gasteiger partial charge is 0.492 e. The predicted octanol–water partition coefficient (Wildman–Crippen LogP) is 3.84. The van der Waals surface area contributed by atoms with Crippen molar-refractivity contribution in [3.63, 3.8) is 0 Å². The van der Waals surface area contributed by atoms with Gasteiger partial charge in [0.25, 0.3) is 0 Å². The molecule has 3 N–H and O–H groups in total. The second kappa shape index (κ2) is 16.1. The summed E-state index contributed by atoms with van der Waals surface area (Å²) in [6.07, 6.45) is 8.51. The molecule has 4 saturated carbocycles. The molecule has 5 fully saturated rings. The van der Waals surface area contributed by atoms with Gasteiger partial charge in [0.15, 0.2) is 24.0 Å². The maximum absolute atomic E-state index is 15.8. The molecular weight excluding hydrogens is 794 g/mol. The molecule has 1 aromatic heterocycles. The third-order valence-corrected chi connectivity index (χ3v) is 14.7. The molecule has 0 spiro atoms. The number of allylic oxidation sites excluding steroid dienone is 4. The number of anilines is 1.